The zero-order chi connectivity index (χ0) is 15.6. The van der Waals surface area contributed by atoms with Crippen molar-refractivity contribution in [2.75, 3.05) is 6.54 Å². The van der Waals surface area contributed by atoms with E-state index in [-0.39, 0.29) is 10.6 Å². The first-order valence-corrected chi connectivity index (χ1v) is 7.13. The number of aryl methyl sites for hydroxylation is 1. The summed E-state index contributed by atoms with van der Waals surface area (Å²) in [5.74, 6) is -1.09. The van der Waals surface area contributed by atoms with Crippen LogP contribution in [0.1, 0.15) is 27.3 Å². The highest BCUT2D eigenvalue weighted by atomic mass is 35.5. The topological polar surface area (TPSA) is 34.0 Å². The second-order valence-corrected chi connectivity index (χ2v) is 5.47. The fourth-order valence-electron chi connectivity index (χ4n) is 2.30. The molecule has 0 fully saturated rings. The van der Waals surface area contributed by atoms with Crippen molar-refractivity contribution in [3.63, 3.8) is 0 Å². The molecular weight excluding hydrogens is 291 g/mol. The molecule has 1 aromatic heterocycles. The summed E-state index contributed by atoms with van der Waals surface area (Å²) in [7, 11) is 2.01. The van der Waals surface area contributed by atoms with Crippen LogP contribution < -0.4 is 5.32 Å². The third kappa shape index (κ3) is 3.27. The molecule has 2 aromatic rings. The normalized spacial score (nSPS) is 10.7. The predicted molar refractivity (Wildman–Crippen MR) is 82.3 cm³/mol. The number of carbonyl (C=O) groups is 1. The molecule has 0 radical (unpaired) electrons. The van der Waals surface area contributed by atoms with Crippen LogP contribution >= 0.6 is 11.6 Å². The number of hydrogen-bond acceptors (Lipinski definition) is 1. The molecule has 112 valence electrons. The van der Waals surface area contributed by atoms with Crippen molar-refractivity contribution < 1.29 is 9.18 Å². The lowest BCUT2D eigenvalue weighted by Crippen LogP contribution is -2.27. The first kappa shape index (κ1) is 15.6. The third-order valence-electron chi connectivity index (χ3n) is 3.75. The molecule has 0 aliphatic heterocycles. The summed E-state index contributed by atoms with van der Waals surface area (Å²) in [6, 6.07) is 6.30. The maximum absolute atomic E-state index is 13.6. The summed E-state index contributed by atoms with van der Waals surface area (Å²) in [5.41, 5.74) is 3.42. The van der Waals surface area contributed by atoms with Gasteiger partial charge in [-0.05, 0) is 44.0 Å². The summed E-state index contributed by atoms with van der Waals surface area (Å²) in [5, 5.41) is 2.84. The number of nitrogens with one attached hydrogen (secondary N) is 1. The highest BCUT2D eigenvalue weighted by Crippen LogP contribution is 2.19. The second kappa shape index (κ2) is 6.31. The van der Waals surface area contributed by atoms with Crippen molar-refractivity contribution >= 4 is 17.5 Å². The van der Waals surface area contributed by atoms with Crippen molar-refractivity contribution in [1.82, 2.24) is 9.88 Å². The van der Waals surface area contributed by atoms with Crippen LogP contribution in [-0.2, 0) is 13.5 Å². The Bertz CT molecular complexity index is 659. The van der Waals surface area contributed by atoms with E-state index in [0.29, 0.717) is 13.0 Å². The highest BCUT2D eigenvalue weighted by molar-refractivity contribution is 6.33. The minimum atomic E-state index is -0.605. The Morgan fingerprint density at radius 3 is 2.67 bits per heavy atom. The van der Waals surface area contributed by atoms with E-state index in [9.17, 15) is 9.18 Å². The number of amides is 1. The molecule has 21 heavy (non-hydrogen) atoms. The molecule has 1 heterocycles. The maximum Gasteiger partial charge on any atom is 0.255 e. The smallest absolute Gasteiger partial charge is 0.255 e. The predicted octanol–water partition coefficient (Wildman–Crippen LogP) is 3.41. The number of hydrogen-bond donors (Lipinski definition) is 1. The standard InChI is InChI=1S/C16H18ClFN2O/c1-10-9-12(11(2)20(10)3)7-8-19-16(21)15-13(17)5-4-6-14(15)18/h4-6,9H,7-8H2,1-3H3,(H,19,21). The number of carbonyl (C=O) groups excluding carboxylic acids is 1. The quantitative estimate of drug-likeness (QED) is 0.923. The van der Waals surface area contributed by atoms with Gasteiger partial charge in [0.2, 0.25) is 0 Å². The minimum absolute atomic E-state index is 0.0971. The molecule has 3 nitrogen and oxygen atoms in total. The first-order chi connectivity index (χ1) is 9.91. The molecule has 1 amide bonds. The molecular formula is C16H18ClFN2O. The van der Waals surface area contributed by atoms with Crippen LogP contribution in [0.25, 0.3) is 0 Å². The van der Waals surface area contributed by atoms with Crippen molar-refractivity contribution in [2.45, 2.75) is 20.3 Å². The van der Waals surface area contributed by atoms with Gasteiger partial charge in [0.25, 0.3) is 5.91 Å². The summed E-state index contributed by atoms with van der Waals surface area (Å²) < 4.78 is 15.7. The molecule has 1 aromatic carbocycles. The number of nitrogens with zero attached hydrogens (tertiary/aromatic N) is 1. The van der Waals surface area contributed by atoms with Crippen LogP contribution in [0.5, 0.6) is 0 Å². The SMILES string of the molecule is Cc1cc(CCNC(=O)c2c(F)cccc2Cl)c(C)n1C. The lowest BCUT2D eigenvalue weighted by molar-refractivity contribution is 0.0950. The molecule has 0 atom stereocenters. The molecule has 0 aliphatic carbocycles. The molecule has 0 spiro atoms. The van der Waals surface area contributed by atoms with Gasteiger partial charge in [0.1, 0.15) is 5.82 Å². The summed E-state index contributed by atoms with van der Waals surface area (Å²) >= 11 is 5.87. The van der Waals surface area contributed by atoms with E-state index in [1.807, 2.05) is 20.9 Å². The Balaban J connectivity index is 2.00. The molecule has 2 rings (SSSR count). The van der Waals surface area contributed by atoms with E-state index < -0.39 is 11.7 Å². The molecule has 1 N–H and O–H groups in total. The molecule has 0 saturated carbocycles. The van der Waals surface area contributed by atoms with Crippen LogP contribution in [0.4, 0.5) is 4.39 Å². The van der Waals surface area contributed by atoms with Crippen LogP contribution in [0.15, 0.2) is 24.3 Å². The van der Waals surface area contributed by atoms with E-state index in [2.05, 4.69) is 16.0 Å². The second-order valence-electron chi connectivity index (χ2n) is 5.06. The largest absolute Gasteiger partial charge is 0.352 e. The Morgan fingerprint density at radius 2 is 2.10 bits per heavy atom. The number of halogens is 2. The zero-order valence-corrected chi connectivity index (χ0v) is 13.1. The molecule has 0 saturated heterocycles. The lowest BCUT2D eigenvalue weighted by Gasteiger charge is -2.08. The summed E-state index contributed by atoms with van der Waals surface area (Å²) in [4.78, 5) is 12.0. The van der Waals surface area contributed by atoms with Gasteiger partial charge in [0, 0.05) is 25.0 Å². The zero-order valence-electron chi connectivity index (χ0n) is 12.3. The van der Waals surface area contributed by atoms with E-state index in [1.54, 1.807) is 0 Å². The first-order valence-electron chi connectivity index (χ1n) is 6.75. The van der Waals surface area contributed by atoms with Gasteiger partial charge in [-0.1, -0.05) is 17.7 Å². The average Bonchev–Trinajstić information content (AvgIpc) is 2.66. The van der Waals surface area contributed by atoms with E-state index in [4.69, 9.17) is 11.6 Å². The Hall–Kier alpha value is -1.81. The molecule has 0 bridgehead atoms. The van der Waals surface area contributed by atoms with Crippen LogP contribution in [0.2, 0.25) is 5.02 Å². The minimum Gasteiger partial charge on any atom is -0.352 e. The third-order valence-corrected chi connectivity index (χ3v) is 4.06. The van der Waals surface area contributed by atoms with Gasteiger partial charge in [-0.15, -0.1) is 0 Å². The average molecular weight is 309 g/mol. The molecule has 0 aliphatic rings. The van der Waals surface area contributed by atoms with Crippen LogP contribution in [-0.4, -0.2) is 17.0 Å². The maximum atomic E-state index is 13.6. The Morgan fingerprint density at radius 1 is 1.38 bits per heavy atom. The van der Waals surface area contributed by atoms with Crippen molar-refractivity contribution in [2.24, 2.45) is 7.05 Å². The van der Waals surface area contributed by atoms with E-state index in [0.717, 1.165) is 0 Å². The Kier molecular flexibility index (Phi) is 4.68. The monoisotopic (exact) mass is 308 g/mol. The fraction of sp³-hybridized carbons (Fsp3) is 0.312. The Labute approximate surface area is 128 Å². The van der Waals surface area contributed by atoms with Gasteiger partial charge >= 0.3 is 0 Å². The molecule has 5 heteroatoms. The number of rotatable bonds is 4. The van der Waals surface area contributed by atoms with Crippen LogP contribution in [0.3, 0.4) is 0 Å². The fourth-order valence-corrected chi connectivity index (χ4v) is 2.55. The number of aromatic nitrogens is 1. The number of benzene rings is 1. The highest BCUT2D eigenvalue weighted by Gasteiger charge is 2.15. The van der Waals surface area contributed by atoms with Gasteiger partial charge in [-0.3, -0.25) is 4.79 Å². The van der Waals surface area contributed by atoms with Crippen molar-refractivity contribution in [1.29, 1.82) is 0 Å². The van der Waals surface area contributed by atoms with Gasteiger partial charge in [0.05, 0.1) is 10.6 Å². The lowest BCUT2D eigenvalue weighted by atomic mass is 10.1. The molecule has 0 unspecified atom stereocenters. The van der Waals surface area contributed by atoms with E-state index in [1.165, 1.54) is 35.2 Å². The van der Waals surface area contributed by atoms with Gasteiger partial charge in [0.15, 0.2) is 0 Å². The van der Waals surface area contributed by atoms with Gasteiger partial charge in [-0.2, -0.15) is 0 Å². The van der Waals surface area contributed by atoms with Crippen molar-refractivity contribution in [3.8, 4) is 0 Å². The van der Waals surface area contributed by atoms with Crippen LogP contribution in [0, 0.1) is 19.7 Å². The van der Waals surface area contributed by atoms with E-state index >= 15 is 0 Å². The van der Waals surface area contributed by atoms with Gasteiger partial charge in [-0.25, -0.2) is 4.39 Å². The van der Waals surface area contributed by atoms with Gasteiger partial charge < -0.3 is 9.88 Å². The van der Waals surface area contributed by atoms with Crippen molar-refractivity contribution in [3.05, 3.63) is 57.6 Å². The summed E-state index contributed by atoms with van der Waals surface area (Å²) in [6.07, 6.45) is 0.700. The summed E-state index contributed by atoms with van der Waals surface area (Å²) in [6.45, 7) is 4.51.